The molecule has 0 aliphatic heterocycles. The lowest BCUT2D eigenvalue weighted by Crippen LogP contribution is -2.41. The summed E-state index contributed by atoms with van der Waals surface area (Å²) in [6, 6.07) is 5.46. The molecule has 1 atom stereocenters. The monoisotopic (exact) mass is 451 g/mol. The van der Waals surface area contributed by atoms with Gasteiger partial charge in [-0.15, -0.1) is 24.0 Å². The molecule has 1 rings (SSSR count). The molecule has 0 saturated heterocycles. The zero-order chi connectivity index (χ0) is 17.1. The Morgan fingerprint density at radius 3 is 2.71 bits per heavy atom. The second kappa shape index (κ2) is 13.4. The van der Waals surface area contributed by atoms with Gasteiger partial charge in [0.05, 0.1) is 6.61 Å². The Bertz CT molecular complexity index is 497. The van der Waals surface area contributed by atoms with Gasteiger partial charge in [-0.25, -0.2) is 4.39 Å². The van der Waals surface area contributed by atoms with Crippen molar-refractivity contribution >= 4 is 29.9 Å². The summed E-state index contributed by atoms with van der Waals surface area (Å²) in [4.78, 5) is 4.24. The van der Waals surface area contributed by atoms with Crippen LogP contribution in [0.2, 0.25) is 0 Å². The number of rotatable bonds is 9. The first-order chi connectivity index (χ1) is 11.1. The van der Waals surface area contributed by atoms with Crippen molar-refractivity contribution in [1.82, 2.24) is 10.6 Å². The van der Waals surface area contributed by atoms with Gasteiger partial charge in [-0.05, 0) is 31.0 Å². The maximum atomic E-state index is 13.6. The van der Waals surface area contributed by atoms with Gasteiger partial charge in [-0.2, -0.15) is 0 Å². The molecule has 24 heavy (non-hydrogen) atoms. The summed E-state index contributed by atoms with van der Waals surface area (Å²) in [5.41, 5.74) is 1.57. The molecule has 1 aromatic carbocycles. The SMILES string of the molecule is CCCCCC(C)NC(=NC)NCc1ccc(F)c(COC)c1.I. The Morgan fingerprint density at radius 2 is 2.08 bits per heavy atom. The van der Waals surface area contributed by atoms with E-state index in [-0.39, 0.29) is 36.4 Å². The van der Waals surface area contributed by atoms with E-state index in [4.69, 9.17) is 4.74 Å². The topological polar surface area (TPSA) is 45.7 Å². The fourth-order valence-electron chi connectivity index (χ4n) is 2.39. The number of nitrogens with one attached hydrogen (secondary N) is 2. The molecule has 1 unspecified atom stereocenters. The molecule has 0 amide bonds. The van der Waals surface area contributed by atoms with E-state index in [1.807, 2.05) is 6.07 Å². The second-order valence-electron chi connectivity index (χ2n) is 5.83. The summed E-state index contributed by atoms with van der Waals surface area (Å²) >= 11 is 0. The van der Waals surface area contributed by atoms with Gasteiger partial charge in [0, 0.05) is 32.3 Å². The second-order valence-corrected chi connectivity index (χ2v) is 5.83. The van der Waals surface area contributed by atoms with Gasteiger partial charge < -0.3 is 15.4 Å². The van der Waals surface area contributed by atoms with Crippen molar-refractivity contribution in [3.8, 4) is 0 Å². The van der Waals surface area contributed by atoms with Crippen LogP contribution in [-0.2, 0) is 17.9 Å². The van der Waals surface area contributed by atoms with Crippen molar-refractivity contribution in [2.75, 3.05) is 14.2 Å². The van der Waals surface area contributed by atoms with Crippen LogP contribution in [0, 0.1) is 5.82 Å². The van der Waals surface area contributed by atoms with Crippen LogP contribution in [-0.4, -0.2) is 26.2 Å². The third kappa shape index (κ3) is 8.82. The summed E-state index contributed by atoms with van der Waals surface area (Å²) in [5, 5.41) is 6.66. The number of guanidine groups is 1. The fraction of sp³-hybridized carbons (Fsp3) is 0.611. The molecule has 0 radical (unpaired) electrons. The Kier molecular flexibility index (Phi) is 12.9. The van der Waals surface area contributed by atoms with Crippen LogP contribution in [0.15, 0.2) is 23.2 Å². The summed E-state index contributed by atoms with van der Waals surface area (Å²) in [6.45, 7) is 5.25. The highest BCUT2D eigenvalue weighted by Crippen LogP contribution is 2.11. The molecule has 1 aromatic rings. The number of ether oxygens (including phenoxy) is 1. The van der Waals surface area contributed by atoms with Gasteiger partial charge in [0.2, 0.25) is 0 Å². The number of aliphatic imine (C=N–C) groups is 1. The van der Waals surface area contributed by atoms with Crippen molar-refractivity contribution in [3.63, 3.8) is 0 Å². The highest BCUT2D eigenvalue weighted by atomic mass is 127. The van der Waals surface area contributed by atoms with Crippen LogP contribution in [0.4, 0.5) is 4.39 Å². The van der Waals surface area contributed by atoms with Gasteiger partial charge >= 0.3 is 0 Å². The first-order valence-electron chi connectivity index (χ1n) is 8.34. The van der Waals surface area contributed by atoms with Gasteiger partial charge in [0.15, 0.2) is 5.96 Å². The molecule has 6 heteroatoms. The molecular formula is C18H31FIN3O. The number of benzene rings is 1. The number of hydrogen-bond donors (Lipinski definition) is 2. The normalized spacial score (nSPS) is 12.5. The molecule has 138 valence electrons. The lowest BCUT2D eigenvalue weighted by Gasteiger charge is -2.18. The van der Waals surface area contributed by atoms with Crippen LogP contribution in [0.1, 0.15) is 50.7 Å². The van der Waals surface area contributed by atoms with E-state index in [0.29, 0.717) is 18.2 Å². The summed E-state index contributed by atoms with van der Waals surface area (Å²) < 4.78 is 18.6. The Balaban J connectivity index is 0.00000529. The highest BCUT2D eigenvalue weighted by molar-refractivity contribution is 14.0. The maximum absolute atomic E-state index is 13.6. The van der Waals surface area contributed by atoms with Crippen LogP contribution < -0.4 is 10.6 Å². The average molecular weight is 451 g/mol. The minimum absolute atomic E-state index is 0. The lowest BCUT2D eigenvalue weighted by molar-refractivity contribution is 0.181. The predicted octanol–water partition coefficient (Wildman–Crippen LogP) is 4.22. The lowest BCUT2D eigenvalue weighted by atomic mass is 10.1. The van der Waals surface area contributed by atoms with Crippen molar-refractivity contribution in [1.29, 1.82) is 0 Å². The van der Waals surface area contributed by atoms with E-state index >= 15 is 0 Å². The zero-order valence-electron chi connectivity index (χ0n) is 15.2. The van der Waals surface area contributed by atoms with E-state index in [9.17, 15) is 4.39 Å². The molecule has 0 saturated carbocycles. The molecule has 0 spiro atoms. The maximum Gasteiger partial charge on any atom is 0.191 e. The molecule has 4 nitrogen and oxygen atoms in total. The molecule has 0 fully saturated rings. The average Bonchev–Trinajstić information content (AvgIpc) is 2.54. The smallest absolute Gasteiger partial charge is 0.191 e. The Labute approximate surface area is 162 Å². The van der Waals surface area contributed by atoms with E-state index in [2.05, 4.69) is 29.5 Å². The fourth-order valence-corrected chi connectivity index (χ4v) is 2.39. The first kappa shape index (κ1) is 23.1. The largest absolute Gasteiger partial charge is 0.380 e. The third-order valence-corrected chi connectivity index (χ3v) is 3.72. The Hall–Kier alpha value is -0.890. The minimum Gasteiger partial charge on any atom is -0.380 e. The number of methoxy groups -OCH3 is 1. The summed E-state index contributed by atoms with van der Waals surface area (Å²) in [6.07, 6.45) is 4.84. The van der Waals surface area contributed by atoms with Gasteiger partial charge in [-0.3, -0.25) is 4.99 Å². The quantitative estimate of drug-likeness (QED) is 0.256. The number of hydrogen-bond acceptors (Lipinski definition) is 2. The van der Waals surface area contributed by atoms with Crippen LogP contribution >= 0.6 is 24.0 Å². The van der Waals surface area contributed by atoms with E-state index in [1.165, 1.54) is 25.3 Å². The van der Waals surface area contributed by atoms with Crippen molar-refractivity contribution in [2.24, 2.45) is 4.99 Å². The summed E-state index contributed by atoms with van der Waals surface area (Å²) in [7, 11) is 3.32. The van der Waals surface area contributed by atoms with Crippen LogP contribution in [0.5, 0.6) is 0 Å². The van der Waals surface area contributed by atoms with Crippen LogP contribution in [0.25, 0.3) is 0 Å². The van der Waals surface area contributed by atoms with Crippen molar-refractivity contribution in [3.05, 3.63) is 35.1 Å². The van der Waals surface area contributed by atoms with E-state index < -0.39 is 0 Å². The molecule has 2 N–H and O–H groups in total. The summed E-state index contributed by atoms with van der Waals surface area (Å²) in [5.74, 6) is 0.536. The van der Waals surface area contributed by atoms with Crippen molar-refractivity contribution in [2.45, 2.75) is 58.7 Å². The highest BCUT2D eigenvalue weighted by Gasteiger charge is 2.07. The van der Waals surface area contributed by atoms with Gasteiger partial charge in [-0.1, -0.05) is 32.3 Å². The molecule has 0 bridgehead atoms. The third-order valence-electron chi connectivity index (χ3n) is 3.72. The molecule has 0 aromatic heterocycles. The number of unbranched alkanes of at least 4 members (excludes halogenated alkanes) is 2. The van der Waals surface area contributed by atoms with E-state index in [1.54, 1.807) is 20.2 Å². The van der Waals surface area contributed by atoms with Gasteiger partial charge in [0.25, 0.3) is 0 Å². The molecule has 0 heterocycles. The van der Waals surface area contributed by atoms with E-state index in [0.717, 1.165) is 17.9 Å². The molecular weight excluding hydrogens is 420 g/mol. The zero-order valence-corrected chi connectivity index (χ0v) is 17.5. The van der Waals surface area contributed by atoms with Gasteiger partial charge in [0.1, 0.15) is 5.82 Å². The first-order valence-corrected chi connectivity index (χ1v) is 8.34. The molecule has 0 aliphatic carbocycles. The van der Waals surface area contributed by atoms with Crippen LogP contribution in [0.3, 0.4) is 0 Å². The Morgan fingerprint density at radius 1 is 1.33 bits per heavy atom. The standard InChI is InChI=1S/C18H30FN3O.HI/c1-5-6-7-8-14(2)22-18(20-3)21-12-15-9-10-17(19)16(11-15)13-23-4;/h9-11,14H,5-8,12-13H2,1-4H3,(H2,20,21,22);1H. The predicted molar refractivity (Wildman–Crippen MR) is 109 cm³/mol. The molecule has 0 aliphatic rings. The number of halogens is 2. The van der Waals surface area contributed by atoms with Crippen molar-refractivity contribution < 1.29 is 9.13 Å². The number of nitrogens with zero attached hydrogens (tertiary/aromatic N) is 1. The minimum atomic E-state index is -0.234.